The Morgan fingerprint density at radius 1 is 0.387 bits per heavy atom. The fourth-order valence-corrected chi connectivity index (χ4v) is 4.68. The Labute approximate surface area is 198 Å². The molecule has 0 fully saturated rings. The molecule has 0 aliphatic carbocycles. The van der Waals surface area contributed by atoms with E-state index in [1.165, 1.54) is 154 Å². The standard InChI is InChI=1S/C30H62O/c1-4-7-10-13-15-16-17-18-19-20-22-24-27-30(26-23-21-14-11-8-5-2)29-31-28-25-12-9-6-3/h30H,4-29H2,1-3H3. The second-order valence-electron chi connectivity index (χ2n) is 10.2. The lowest BCUT2D eigenvalue weighted by Crippen LogP contribution is -2.11. The Kier molecular flexibility index (Phi) is 28.0. The molecule has 188 valence electrons. The van der Waals surface area contributed by atoms with Crippen molar-refractivity contribution in [2.75, 3.05) is 13.2 Å². The van der Waals surface area contributed by atoms with Crippen LogP contribution in [0, 0.1) is 5.92 Å². The van der Waals surface area contributed by atoms with Crippen molar-refractivity contribution in [3.05, 3.63) is 0 Å². The van der Waals surface area contributed by atoms with Crippen molar-refractivity contribution in [1.29, 1.82) is 0 Å². The van der Waals surface area contributed by atoms with Crippen LogP contribution in [-0.2, 0) is 4.74 Å². The first-order valence-corrected chi connectivity index (χ1v) is 14.9. The Morgan fingerprint density at radius 3 is 1.10 bits per heavy atom. The summed E-state index contributed by atoms with van der Waals surface area (Å²) < 4.78 is 6.10. The molecule has 0 aliphatic heterocycles. The van der Waals surface area contributed by atoms with Crippen LogP contribution in [0.4, 0.5) is 0 Å². The topological polar surface area (TPSA) is 9.23 Å². The highest BCUT2D eigenvalue weighted by molar-refractivity contribution is 4.61. The van der Waals surface area contributed by atoms with Crippen molar-refractivity contribution in [2.45, 2.75) is 175 Å². The van der Waals surface area contributed by atoms with E-state index >= 15 is 0 Å². The third-order valence-corrected chi connectivity index (χ3v) is 6.93. The van der Waals surface area contributed by atoms with Crippen molar-refractivity contribution < 1.29 is 4.74 Å². The molecule has 0 bridgehead atoms. The minimum absolute atomic E-state index is 0.820. The summed E-state index contributed by atoms with van der Waals surface area (Å²) in [5, 5.41) is 0. The van der Waals surface area contributed by atoms with Gasteiger partial charge in [0.2, 0.25) is 0 Å². The summed E-state index contributed by atoms with van der Waals surface area (Å²) in [5.41, 5.74) is 0. The van der Waals surface area contributed by atoms with E-state index in [0.717, 1.165) is 19.1 Å². The van der Waals surface area contributed by atoms with Crippen molar-refractivity contribution >= 4 is 0 Å². The molecule has 0 spiro atoms. The Hall–Kier alpha value is -0.0400. The predicted octanol–water partition coefficient (Wildman–Crippen LogP) is 11.0. The van der Waals surface area contributed by atoms with Gasteiger partial charge in [-0.3, -0.25) is 0 Å². The second kappa shape index (κ2) is 28.0. The molecule has 0 saturated heterocycles. The fourth-order valence-electron chi connectivity index (χ4n) is 4.68. The molecule has 0 rings (SSSR count). The molecule has 0 aromatic heterocycles. The maximum Gasteiger partial charge on any atom is 0.0494 e. The van der Waals surface area contributed by atoms with Gasteiger partial charge in [-0.1, -0.05) is 156 Å². The van der Waals surface area contributed by atoms with Crippen molar-refractivity contribution in [3.8, 4) is 0 Å². The average molecular weight is 439 g/mol. The van der Waals surface area contributed by atoms with Gasteiger partial charge < -0.3 is 4.74 Å². The molecule has 0 aromatic carbocycles. The van der Waals surface area contributed by atoms with E-state index in [-0.39, 0.29) is 0 Å². The molecule has 1 nitrogen and oxygen atoms in total. The summed E-state index contributed by atoms with van der Waals surface area (Å²) in [7, 11) is 0. The van der Waals surface area contributed by atoms with Gasteiger partial charge in [0.1, 0.15) is 0 Å². The molecular formula is C30H62O. The van der Waals surface area contributed by atoms with Crippen molar-refractivity contribution in [2.24, 2.45) is 5.92 Å². The van der Waals surface area contributed by atoms with E-state index in [0.29, 0.717) is 0 Å². The van der Waals surface area contributed by atoms with Gasteiger partial charge in [-0.25, -0.2) is 0 Å². The molecule has 31 heavy (non-hydrogen) atoms. The molecule has 0 heterocycles. The average Bonchev–Trinajstić information content (AvgIpc) is 2.78. The normalized spacial score (nSPS) is 12.5. The lowest BCUT2D eigenvalue weighted by Gasteiger charge is -2.17. The van der Waals surface area contributed by atoms with E-state index in [9.17, 15) is 0 Å². The molecule has 0 saturated carbocycles. The lowest BCUT2D eigenvalue weighted by atomic mass is 9.94. The van der Waals surface area contributed by atoms with Crippen LogP contribution in [0.5, 0.6) is 0 Å². The third kappa shape index (κ3) is 26.1. The number of hydrogen-bond donors (Lipinski definition) is 0. The van der Waals surface area contributed by atoms with E-state index in [4.69, 9.17) is 4.74 Å². The smallest absolute Gasteiger partial charge is 0.0494 e. The first-order chi connectivity index (χ1) is 15.3. The van der Waals surface area contributed by atoms with Gasteiger partial charge in [0, 0.05) is 13.2 Å². The molecular weight excluding hydrogens is 376 g/mol. The fraction of sp³-hybridized carbons (Fsp3) is 1.00. The number of unbranched alkanes of at least 4 members (excludes halogenated alkanes) is 19. The number of rotatable bonds is 27. The van der Waals surface area contributed by atoms with Gasteiger partial charge in [0.05, 0.1) is 0 Å². The zero-order valence-electron chi connectivity index (χ0n) is 22.4. The van der Waals surface area contributed by atoms with Crippen LogP contribution in [0.15, 0.2) is 0 Å². The molecule has 0 aliphatic rings. The van der Waals surface area contributed by atoms with Crippen LogP contribution >= 0.6 is 0 Å². The molecule has 1 heteroatoms. The van der Waals surface area contributed by atoms with E-state index in [1.807, 2.05) is 0 Å². The summed E-state index contributed by atoms with van der Waals surface area (Å²) in [6, 6.07) is 0. The zero-order valence-corrected chi connectivity index (χ0v) is 22.4. The Bertz CT molecular complexity index is 285. The van der Waals surface area contributed by atoms with Crippen molar-refractivity contribution in [1.82, 2.24) is 0 Å². The van der Waals surface area contributed by atoms with Gasteiger partial charge in [-0.15, -0.1) is 0 Å². The van der Waals surface area contributed by atoms with Crippen LogP contribution in [0.3, 0.4) is 0 Å². The second-order valence-corrected chi connectivity index (χ2v) is 10.2. The number of ether oxygens (including phenoxy) is 1. The van der Waals surface area contributed by atoms with Gasteiger partial charge >= 0.3 is 0 Å². The zero-order chi connectivity index (χ0) is 22.7. The summed E-state index contributed by atoms with van der Waals surface area (Å²) in [6.45, 7) is 8.91. The highest BCUT2D eigenvalue weighted by atomic mass is 16.5. The molecule has 0 amide bonds. The summed E-state index contributed by atoms with van der Waals surface area (Å²) in [6.07, 6.45) is 34.0. The monoisotopic (exact) mass is 438 g/mol. The maximum absolute atomic E-state index is 6.10. The summed E-state index contributed by atoms with van der Waals surface area (Å²) >= 11 is 0. The van der Waals surface area contributed by atoms with Gasteiger partial charge in [0.25, 0.3) is 0 Å². The third-order valence-electron chi connectivity index (χ3n) is 6.93. The van der Waals surface area contributed by atoms with Crippen LogP contribution in [0.25, 0.3) is 0 Å². The first kappa shape index (κ1) is 31.0. The maximum atomic E-state index is 6.10. The molecule has 0 N–H and O–H groups in total. The van der Waals surface area contributed by atoms with E-state index < -0.39 is 0 Å². The quantitative estimate of drug-likeness (QED) is 0.116. The van der Waals surface area contributed by atoms with Gasteiger partial charge in [0.15, 0.2) is 0 Å². The minimum atomic E-state index is 0.820. The van der Waals surface area contributed by atoms with Gasteiger partial charge in [-0.2, -0.15) is 0 Å². The molecule has 1 unspecified atom stereocenters. The highest BCUT2D eigenvalue weighted by Gasteiger charge is 2.09. The minimum Gasteiger partial charge on any atom is -0.381 e. The van der Waals surface area contributed by atoms with Crippen LogP contribution in [0.1, 0.15) is 175 Å². The van der Waals surface area contributed by atoms with E-state index in [1.54, 1.807) is 0 Å². The molecule has 0 aromatic rings. The Balaban J connectivity index is 3.71. The van der Waals surface area contributed by atoms with Crippen LogP contribution in [0.2, 0.25) is 0 Å². The molecule has 1 atom stereocenters. The first-order valence-electron chi connectivity index (χ1n) is 14.9. The summed E-state index contributed by atoms with van der Waals surface area (Å²) in [5.74, 6) is 0.820. The SMILES string of the molecule is CCCCCCCCCCCCCCC(CCCCCCCC)COCCCCCC. The molecule has 0 radical (unpaired) electrons. The highest BCUT2D eigenvalue weighted by Crippen LogP contribution is 2.20. The van der Waals surface area contributed by atoms with Crippen LogP contribution in [-0.4, -0.2) is 13.2 Å². The summed E-state index contributed by atoms with van der Waals surface area (Å²) in [4.78, 5) is 0. The van der Waals surface area contributed by atoms with Crippen molar-refractivity contribution in [3.63, 3.8) is 0 Å². The van der Waals surface area contributed by atoms with E-state index in [2.05, 4.69) is 20.8 Å². The Morgan fingerprint density at radius 2 is 0.710 bits per heavy atom. The lowest BCUT2D eigenvalue weighted by molar-refractivity contribution is 0.0879. The largest absolute Gasteiger partial charge is 0.381 e. The predicted molar refractivity (Wildman–Crippen MR) is 142 cm³/mol. The number of hydrogen-bond acceptors (Lipinski definition) is 1. The van der Waals surface area contributed by atoms with Crippen LogP contribution < -0.4 is 0 Å². The van der Waals surface area contributed by atoms with Gasteiger partial charge in [-0.05, 0) is 25.2 Å².